The molecule has 3 rings (SSSR count). The zero-order chi connectivity index (χ0) is 11.2. The highest BCUT2D eigenvalue weighted by atomic mass is 127. The molecule has 2 nitrogen and oxygen atoms in total. The molecule has 1 N–H and O–H groups in total. The number of hydrogen-bond donors (Lipinski definition) is 1. The van der Waals surface area contributed by atoms with Crippen LogP contribution >= 0.6 is 0 Å². The minimum atomic E-state index is 0. The normalized spacial score (nSPS) is 18.2. The molecule has 0 amide bonds. The van der Waals surface area contributed by atoms with E-state index in [1.807, 2.05) is 0 Å². The molecular formula is C14H19IN2. The number of hydrogen-bond acceptors (Lipinski definition) is 0. The zero-order valence-electron chi connectivity index (χ0n) is 10.5. The van der Waals surface area contributed by atoms with Crippen molar-refractivity contribution in [2.24, 2.45) is 0 Å². The molecule has 92 valence electrons. The van der Waals surface area contributed by atoms with E-state index in [0.717, 1.165) is 11.0 Å². The predicted molar refractivity (Wildman–Crippen MR) is 67.3 cm³/mol. The van der Waals surface area contributed by atoms with Crippen LogP contribution in [-0.4, -0.2) is 30.1 Å². The number of rotatable bonds is 0. The van der Waals surface area contributed by atoms with E-state index >= 15 is 0 Å². The van der Waals surface area contributed by atoms with E-state index in [1.165, 1.54) is 41.5 Å². The van der Waals surface area contributed by atoms with Crippen molar-refractivity contribution in [2.45, 2.75) is 19.4 Å². The maximum atomic E-state index is 3.58. The zero-order valence-corrected chi connectivity index (χ0v) is 12.6. The van der Waals surface area contributed by atoms with Gasteiger partial charge in [0.15, 0.2) is 0 Å². The Morgan fingerprint density at radius 1 is 1.18 bits per heavy atom. The van der Waals surface area contributed by atoms with Gasteiger partial charge in [0.05, 0.1) is 20.6 Å². The van der Waals surface area contributed by atoms with Gasteiger partial charge in [0.25, 0.3) is 0 Å². The van der Waals surface area contributed by atoms with Crippen LogP contribution in [0.4, 0.5) is 0 Å². The number of fused-ring (bicyclic) bond motifs is 3. The van der Waals surface area contributed by atoms with Crippen LogP contribution in [0.3, 0.4) is 0 Å². The average Bonchev–Trinajstić information content (AvgIpc) is 2.48. The summed E-state index contributed by atoms with van der Waals surface area (Å²) in [5.74, 6) is 0. The Bertz CT molecular complexity index is 528. The van der Waals surface area contributed by atoms with Crippen LogP contribution in [0.2, 0.25) is 0 Å². The Morgan fingerprint density at radius 2 is 1.94 bits per heavy atom. The molecule has 0 saturated carbocycles. The second-order valence-corrected chi connectivity index (χ2v) is 5.55. The summed E-state index contributed by atoms with van der Waals surface area (Å²) in [5, 5.41) is 1.42. The standard InChI is InChI=1S/C14H19N2.HI/c1-16(2)9-5-8-14-12(10-16)11-6-3-4-7-13(11)15-14;/h3-4,6-7,15H,5,8-10H2,1-2H3;1H/q+1;/p-1. The Morgan fingerprint density at radius 3 is 2.76 bits per heavy atom. The smallest absolute Gasteiger partial charge is 0.106 e. The van der Waals surface area contributed by atoms with Gasteiger partial charge in [-0.2, -0.15) is 0 Å². The average molecular weight is 342 g/mol. The SMILES string of the molecule is C[N+]1(C)CCCc2[nH]c3ccccc3c2C1.[I-]. The van der Waals surface area contributed by atoms with Gasteiger partial charge in [-0.25, -0.2) is 0 Å². The fraction of sp³-hybridized carbons (Fsp3) is 0.429. The van der Waals surface area contributed by atoms with E-state index in [0.29, 0.717) is 0 Å². The first-order valence-electron chi connectivity index (χ1n) is 6.06. The van der Waals surface area contributed by atoms with Crippen molar-refractivity contribution in [3.8, 4) is 0 Å². The third-order valence-corrected chi connectivity index (χ3v) is 3.68. The molecule has 0 unspecified atom stereocenters. The maximum Gasteiger partial charge on any atom is 0.106 e. The first-order chi connectivity index (χ1) is 7.66. The van der Waals surface area contributed by atoms with Crippen LogP contribution in [0.25, 0.3) is 10.9 Å². The van der Waals surface area contributed by atoms with Gasteiger partial charge in [0, 0.05) is 28.6 Å². The van der Waals surface area contributed by atoms with Gasteiger partial charge in [0.1, 0.15) is 6.54 Å². The lowest BCUT2D eigenvalue weighted by molar-refractivity contribution is -0.903. The summed E-state index contributed by atoms with van der Waals surface area (Å²) in [6.07, 6.45) is 2.48. The van der Waals surface area contributed by atoms with Crippen molar-refractivity contribution < 1.29 is 28.5 Å². The Balaban J connectivity index is 0.00000108. The molecule has 1 aliphatic rings. The second kappa shape index (κ2) is 4.61. The first-order valence-corrected chi connectivity index (χ1v) is 6.06. The van der Waals surface area contributed by atoms with Crippen LogP contribution in [0.1, 0.15) is 17.7 Å². The molecule has 1 aromatic heterocycles. The summed E-state index contributed by atoms with van der Waals surface area (Å²) >= 11 is 0. The molecule has 0 saturated heterocycles. The monoisotopic (exact) mass is 342 g/mol. The molecule has 1 aromatic carbocycles. The second-order valence-electron chi connectivity index (χ2n) is 5.55. The quantitative estimate of drug-likeness (QED) is 0.500. The lowest BCUT2D eigenvalue weighted by Gasteiger charge is -2.28. The summed E-state index contributed by atoms with van der Waals surface area (Å²) < 4.78 is 1.11. The van der Waals surface area contributed by atoms with Crippen molar-refractivity contribution in [3.63, 3.8) is 0 Å². The van der Waals surface area contributed by atoms with Crippen LogP contribution in [0, 0.1) is 0 Å². The summed E-state index contributed by atoms with van der Waals surface area (Å²) in [6.45, 7) is 2.43. The number of nitrogens with one attached hydrogen (secondary N) is 1. The number of aromatic nitrogens is 1. The first kappa shape index (κ1) is 12.9. The summed E-state index contributed by atoms with van der Waals surface area (Å²) in [6, 6.07) is 8.68. The van der Waals surface area contributed by atoms with E-state index < -0.39 is 0 Å². The number of para-hydroxylation sites is 1. The number of aryl methyl sites for hydroxylation is 1. The molecule has 0 atom stereocenters. The minimum absolute atomic E-state index is 0. The van der Waals surface area contributed by atoms with Gasteiger partial charge in [-0.1, -0.05) is 18.2 Å². The molecular weight excluding hydrogens is 323 g/mol. The molecule has 2 aromatic rings. The topological polar surface area (TPSA) is 15.8 Å². The minimum Gasteiger partial charge on any atom is -1.00 e. The number of benzene rings is 1. The molecule has 1 aliphatic heterocycles. The van der Waals surface area contributed by atoms with E-state index in [-0.39, 0.29) is 24.0 Å². The molecule has 0 aliphatic carbocycles. The van der Waals surface area contributed by atoms with E-state index in [9.17, 15) is 0 Å². The molecule has 3 heteroatoms. The van der Waals surface area contributed by atoms with Crippen LogP contribution < -0.4 is 24.0 Å². The van der Waals surface area contributed by atoms with Gasteiger partial charge in [-0.05, 0) is 12.5 Å². The van der Waals surface area contributed by atoms with Gasteiger partial charge >= 0.3 is 0 Å². The lowest BCUT2D eigenvalue weighted by atomic mass is 10.1. The molecule has 0 spiro atoms. The maximum absolute atomic E-state index is 3.58. The molecule has 0 fully saturated rings. The highest BCUT2D eigenvalue weighted by molar-refractivity contribution is 5.84. The summed E-state index contributed by atoms with van der Waals surface area (Å²) in [5.41, 5.74) is 4.30. The van der Waals surface area contributed by atoms with Crippen molar-refractivity contribution >= 4 is 10.9 Å². The number of nitrogens with zero attached hydrogens (tertiary/aromatic N) is 1. The number of quaternary nitrogens is 1. The van der Waals surface area contributed by atoms with E-state index in [1.54, 1.807) is 0 Å². The predicted octanol–water partition coefficient (Wildman–Crippen LogP) is -0.305. The Kier molecular flexibility index (Phi) is 3.50. The Hall–Kier alpha value is -0.550. The summed E-state index contributed by atoms with van der Waals surface area (Å²) in [4.78, 5) is 3.58. The number of halogens is 1. The molecule has 0 bridgehead atoms. The molecule has 0 radical (unpaired) electrons. The van der Waals surface area contributed by atoms with Crippen molar-refractivity contribution in [3.05, 3.63) is 35.5 Å². The van der Waals surface area contributed by atoms with Crippen LogP contribution in [0.5, 0.6) is 0 Å². The van der Waals surface area contributed by atoms with Gasteiger partial charge < -0.3 is 33.4 Å². The third kappa shape index (κ3) is 2.36. The van der Waals surface area contributed by atoms with Crippen molar-refractivity contribution in [2.75, 3.05) is 20.6 Å². The summed E-state index contributed by atoms with van der Waals surface area (Å²) in [7, 11) is 4.66. The van der Waals surface area contributed by atoms with Crippen molar-refractivity contribution in [1.29, 1.82) is 0 Å². The van der Waals surface area contributed by atoms with Crippen LogP contribution in [0.15, 0.2) is 24.3 Å². The fourth-order valence-corrected chi connectivity index (χ4v) is 2.84. The number of aromatic amines is 1. The highest BCUT2D eigenvalue weighted by Crippen LogP contribution is 2.28. The highest BCUT2D eigenvalue weighted by Gasteiger charge is 2.24. The largest absolute Gasteiger partial charge is 1.00 e. The lowest BCUT2D eigenvalue weighted by Crippen LogP contribution is -3.00. The van der Waals surface area contributed by atoms with Crippen molar-refractivity contribution in [1.82, 2.24) is 4.98 Å². The Labute approximate surface area is 120 Å². The molecule has 2 heterocycles. The number of H-pyrrole nitrogens is 1. The van der Waals surface area contributed by atoms with E-state index in [4.69, 9.17) is 0 Å². The van der Waals surface area contributed by atoms with Gasteiger partial charge in [-0.3, -0.25) is 0 Å². The van der Waals surface area contributed by atoms with Crippen LogP contribution in [-0.2, 0) is 13.0 Å². The van der Waals surface area contributed by atoms with E-state index in [2.05, 4.69) is 43.3 Å². The molecule has 17 heavy (non-hydrogen) atoms. The fourth-order valence-electron chi connectivity index (χ4n) is 2.84. The van der Waals surface area contributed by atoms with Gasteiger partial charge in [0.2, 0.25) is 0 Å². The third-order valence-electron chi connectivity index (χ3n) is 3.68. The van der Waals surface area contributed by atoms with Gasteiger partial charge in [-0.15, -0.1) is 0 Å².